The van der Waals surface area contributed by atoms with E-state index in [1.807, 2.05) is 31.2 Å². The molecule has 3 rings (SSSR count). The number of fused-ring (bicyclic) bond motifs is 1. The van der Waals surface area contributed by atoms with Gasteiger partial charge in [-0.1, -0.05) is 23.4 Å². The predicted molar refractivity (Wildman–Crippen MR) is 74.5 cm³/mol. The number of aromatic carboxylic acids is 1. The summed E-state index contributed by atoms with van der Waals surface area (Å²) >= 11 is 0. The zero-order chi connectivity index (χ0) is 15.0. The first-order valence-corrected chi connectivity index (χ1v) is 6.69. The Bertz CT molecular complexity index is 707. The Labute approximate surface area is 121 Å². The number of anilines is 1. The highest BCUT2D eigenvalue weighted by Gasteiger charge is 2.31. The molecule has 0 fully saturated rings. The second-order valence-electron chi connectivity index (χ2n) is 5.07. The molecule has 21 heavy (non-hydrogen) atoms. The lowest BCUT2D eigenvalue weighted by Crippen LogP contribution is -2.42. The van der Waals surface area contributed by atoms with Gasteiger partial charge in [0.25, 0.3) is 5.91 Å². The van der Waals surface area contributed by atoms with E-state index in [0.29, 0.717) is 0 Å². The molecule has 108 valence electrons. The van der Waals surface area contributed by atoms with Crippen LogP contribution >= 0.6 is 0 Å². The van der Waals surface area contributed by atoms with Crippen molar-refractivity contribution in [1.82, 2.24) is 5.16 Å². The van der Waals surface area contributed by atoms with Gasteiger partial charge in [0.05, 0.1) is 0 Å². The lowest BCUT2D eigenvalue weighted by Gasteiger charge is -2.34. The zero-order valence-corrected chi connectivity index (χ0v) is 11.4. The third-order valence-electron chi connectivity index (χ3n) is 3.68. The van der Waals surface area contributed by atoms with Gasteiger partial charge in [-0.2, -0.15) is 0 Å². The second-order valence-corrected chi connectivity index (χ2v) is 5.07. The van der Waals surface area contributed by atoms with Gasteiger partial charge in [-0.3, -0.25) is 4.79 Å². The number of benzene rings is 1. The van der Waals surface area contributed by atoms with Crippen molar-refractivity contribution in [2.75, 3.05) is 4.90 Å². The van der Waals surface area contributed by atoms with E-state index in [1.165, 1.54) is 0 Å². The summed E-state index contributed by atoms with van der Waals surface area (Å²) in [5.41, 5.74) is 1.96. The number of para-hydroxylation sites is 1. The molecule has 0 saturated heterocycles. The van der Waals surface area contributed by atoms with E-state index in [2.05, 4.69) is 9.68 Å². The topological polar surface area (TPSA) is 83.6 Å². The van der Waals surface area contributed by atoms with Crippen LogP contribution in [0.25, 0.3) is 0 Å². The monoisotopic (exact) mass is 286 g/mol. The molecule has 1 atom stereocenters. The first-order valence-electron chi connectivity index (χ1n) is 6.69. The number of hydrogen-bond acceptors (Lipinski definition) is 4. The third-order valence-corrected chi connectivity index (χ3v) is 3.68. The number of rotatable bonds is 2. The van der Waals surface area contributed by atoms with Gasteiger partial charge >= 0.3 is 5.97 Å². The van der Waals surface area contributed by atoms with Crippen molar-refractivity contribution >= 4 is 17.6 Å². The second kappa shape index (κ2) is 5.05. The maximum atomic E-state index is 12.6. The minimum atomic E-state index is -1.24. The molecule has 0 saturated carbocycles. The van der Waals surface area contributed by atoms with Crippen molar-refractivity contribution in [3.63, 3.8) is 0 Å². The summed E-state index contributed by atoms with van der Waals surface area (Å²) < 4.78 is 4.66. The fraction of sp³-hybridized carbons (Fsp3) is 0.267. The number of aromatic nitrogens is 1. The number of carboxylic acid groups (broad SMARTS) is 1. The lowest BCUT2D eigenvalue weighted by atomic mass is 9.96. The van der Waals surface area contributed by atoms with E-state index < -0.39 is 5.97 Å². The fourth-order valence-corrected chi connectivity index (χ4v) is 2.60. The maximum absolute atomic E-state index is 12.6. The van der Waals surface area contributed by atoms with Crippen LogP contribution in [-0.4, -0.2) is 28.2 Å². The van der Waals surface area contributed by atoms with E-state index in [4.69, 9.17) is 5.11 Å². The van der Waals surface area contributed by atoms with Gasteiger partial charge in [0.1, 0.15) is 0 Å². The van der Waals surface area contributed by atoms with E-state index in [1.54, 1.807) is 4.90 Å². The normalized spacial score (nSPS) is 17.4. The quantitative estimate of drug-likeness (QED) is 0.916. The van der Waals surface area contributed by atoms with Crippen molar-refractivity contribution in [3.05, 3.63) is 47.3 Å². The van der Waals surface area contributed by atoms with E-state index in [-0.39, 0.29) is 23.4 Å². The summed E-state index contributed by atoms with van der Waals surface area (Å²) in [6.45, 7) is 1.96. The molecule has 6 nitrogen and oxygen atoms in total. The smallest absolute Gasteiger partial charge is 0.374 e. The summed E-state index contributed by atoms with van der Waals surface area (Å²) in [6.07, 6.45) is 1.77. The molecular weight excluding hydrogens is 272 g/mol. The minimum absolute atomic E-state index is 0.0101. The Hall–Kier alpha value is -2.63. The van der Waals surface area contributed by atoms with Crippen molar-refractivity contribution in [2.24, 2.45) is 0 Å². The molecule has 1 aromatic heterocycles. The van der Waals surface area contributed by atoms with Crippen LogP contribution in [0.15, 0.2) is 34.9 Å². The van der Waals surface area contributed by atoms with Gasteiger partial charge < -0.3 is 14.5 Å². The summed E-state index contributed by atoms with van der Waals surface area (Å²) in [4.78, 5) is 25.1. The highest BCUT2D eigenvalue weighted by Crippen LogP contribution is 2.31. The predicted octanol–water partition coefficient (Wildman–Crippen LogP) is 2.35. The number of nitrogens with zero attached hydrogens (tertiary/aromatic N) is 2. The number of aryl methyl sites for hydroxylation is 1. The molecule has 0 radical (unpaired) electrons. The number of amides is 1. The minimum Gasteiger partial charge on any atom is -0.475 e. The molecule has 1 amide bonds. The van der Waals surface area contributed by atoms with Crippen LogP contribution in [0.1, 0.15) is 40.0 Å². The van der Waals surface area contributed by atoms with E-state index in [9.17, 15) is 9.59 Å². The van der Waals surface area contributed by atoms with Crippen LogP contribution in [0, 0.1) is 0 Å². The molecule has 2 heterocycles. The van der Waals surface area contributed by atoms with Gasteiger partial charge in [-0.15, -0.1) is 0 Å². The molecule has 1 unspecified atom stereocenters. The molecule has 0 spiro atoms. The third kappa shape index (κ3) is 2.29. The van der Waals surface area contributed by atoms with Crippen molar-refractivity contribution in [1.29, 1.82) is 0 Å². The SMILES string of the molecule is CC1CCc2ccccc2N1C(=O)c1cc(C(=O)O)on1. The fourth-order valence-electron chi connectivity index (χ4n) is 2.60. The van der Waals surface area contributed by atoms with Crippen LogP contribution < -0.4 is 4.90 Å². The Morgan fingerprint density at radius 2 is 2.14 bits per heavy atom. The lowest BCUT2D eigenvalue weighted by molar-refractivity contribution is 0.0651. The molecular formula is C15H14N2O4. The molecule has 2 aromatic rings. The largest absolute Gasteiger partial charge is 0.475 e. The molecule has 0 bridgehead atoms. The average Bonchev–Trinajstić information content (AvgIpc) is 2.96. The number of hydrogen-bond donors (Lipinski definition) is 1. The van der Waals surface area contributed by atoms with Crippen molar-refractivity contribution in [2.45, 2.75) is 25.8 Å². The van der Waals surface area contributed by atoms with Gasteiger partial charge in [-0.05, 0) is 31.4 Å². The first kappa shape index (κ1) is 13.4. The highest BCUT2D eigenvalue weighted by atomic mass is 16.5. The summed E-state index contributed by atoms with van der Waals surface area (Å²) in [6, 6.07) is 8.89. The molecule has 0 aliphatic carbocycles. The summed E-state index contributed by atoms with van der Waals surface area (Å²) in [5.74, 6) is -1.92. The van der Waals surface area contributed by atoms with Gasteiger partial charge in [-0.25, -0.2) is 4.79 Å². The van der Waals surface area contributed by atoms with Gasteiger partial charge in [0.2, 0.25) is 5.76 Å². The maximum Gasteiger partial charge on any atom is 0.374 e. The van der Waals surface area contributed by atoms with Crippen LogP contribution in [0.3, 0.4) is 0 Å². The Balaban J connectivity index is 1.98. The van der Waals surface area contributed by atoms with Crippen molar-refractivity contribution < 1.29 is 19.2 Å². The van der Waals surface area contributed by atoms with Crippen molar-refractivity contribution in [3.8, 4) is 0 Å². The number of carbonyl (C=O) groups is 2. The Morgan fingerprint density at radius 3 is 2.86 bits per heavy atom. The first-order chi connectivity index (χ1) is 10.1. The highest BCUT2D eigenvalue weighted by molar-refractivity contribution is 6.06. The zero-order valence-electron chi connectivity index (χ0n) is 11.4. The number of carboxylic acids is 1. The van der Waals surface area contributed by atoms with E-state index in [0.717, 1.165) is 30.2 Å². The Morgan fingerprint density at radius 1 is 1.38 bits per heavy atom. The number of carbonyl (C=O) groups excluding carboxylic acids is 1. The van der Waals surface area contributed by atoms with Crippen LogP contribution in [0.2, 0.25) is 0 Å². The standard InChI is InChI=1S/C15H14N2O4/c1-9-6-7-10-4-2-3-5-12(10)17(9)14(18)11-8-13(15(19)20)21-16-11/h2-5,8-9H,6-7H2,1H3,(H,19,20). The molecule has 6 heteroatoms. The van der Waals surface area contributed by atoms with Crippen LogP contribution in [0.5, 0.6) is 0 Å². The van der Waals surface area contributed by atoms with Gasteiger partial charge in [0, 0.05) is 17.8 Å². The molecule has 1 aliphatic heterocycles. The molecule has 1 aliphatic rings. The van der Waals surface area contributed by atoms with Crippen LogP contribution in [-0.2, 0) is 6.42 Å². The van der Waals surface area contributed by atoms with E-state index >= 15 is 0 Å². The summed E-state index contributed by atoms with van der Waals surface area (Å²) in [5, 5.41) is 12.4. The molecule has 1 aromatic carbocycles. The summed E-state index contributed by atoms with van der Waals surface area (Å²) in [7, 11) is 0. The Kier molecular flexibility index (Phi) is 3.21. The van der Waals surface area contributed by atoms with Crippen LogP contribution in [0.4, 0.5) is 5.69 Å². The van der Waals surface area contributed by atoms with Gasteiger partial charge in [0.15, 0.2) is 5.69 Å². The molecule has 1 N–H and O–H groups in total. The average molecular weight is 286 g/mol.